The molecule has 3 unspecified atom stereocenters. The molecule has 0 radical (unpaired) electrons. The third kappa shape index (κ3) is 2.11. The van der Waals surface area contributed by atoms with Crippen molar-refractivity contribution in [3.05, 3.63) is 24.8 Å². The molecule has 1 aliphatic carbocycles. The highest BCUT2D eigenvalue weighted by atomic mass is 16.3. The molecule has 2 heteroatoms. The van der Waals surface area contributed by atoms with Crippen molar-refractivity contribution in [3.8, 4) is 0 Å². The van der Waals surface area contributed by atoms with E-state index in [0.717, 1.165) is 12.0 Å². The average molecular weight is 236 g/mol. The molecule has 0 saturated heterocycles. The molecule has 1 fully saturated rings. The molecule has 3 atom stereocenters. The van der Waals surface area contributed by atoms with Gasteiger partial charge in [0.05, 0.1) is 0 Å². The quantitative estimate of drug-likeness (QED) is 0.764. The van der Waals surface area contributed by atoms with Gasteiger partial charge in [-0.25, -0.2) is 0 Å². The Morgan fingerprint density at radius 1 is 1.53 bits per heavy atom. The predicted octanol–water partition coefficient (Wildman–Crippen LogP) is 3.12. The molecular weight excluding hydrogens is 212 g/mol. The van der Waals surface area contributed by atoms with E-state index in [0.29, 0.717) is 6.42 Å². The summed E-state index contributed by atoms with van der Waals surface area (Å²) in [5, 5.41) is 10.5. The summed E-state index contributed by atoms with van der Waals surface area (Å²) < 4.78 is 0. The van der Waals surface area contributed by atoms with Crippen molar-refractivity contribution in [3.63, 3.8) is 0 Å². The van der Waals surface area contributed by atoms with Crippen LogP contribution in [0.25, 0.3) is 0 Å². The first kappa shape index (κ1) is 14.2. The van der Waals surface area contributed by atoms with Gasteiger partial charge in [0.1, 0.15) is 5.60 Å². The molecular formula is C15H24O2. The summed E-state index contributed by atoms with van der Waals surface area (Å²) in [6.45, 7) is 15.4. The Hall–Kier alpha value is -0.890. The zero-order valence-electron chi connectivity index (χ0n) is 11.4. The van der Waals surface area contributed by atoms with Crippen LogP contribution in [0, 0.1) is 17.3 Å². The highest BCUT2D eigenvalue weighted by Crippen LogP contribution is 2.48. The van der Waals surface area contributed by atoms with Crippen LogP contribution in [0.1, 0.15) is 40.5 Å². The van der Waals surface area contributed by atoms with E-state index in [1.165, 1.54) is 0 Å². The van der Waals surface area contributed by atoms with Crippen molar-refractivity contribution in [2.75, 3.05) is 0 Å². The Balaban J connectivity index is 3.21. The zero-order valence-corrected chi connectivity index (χ0v) is 11.4. The zero-order chi connectivity index (χ0) is 13.4. The molecule has 2 nitrogen and oxygen atoms in total. The van der Waals surface area contributed by atoms with E-state index in [1.54, 1.807) is 0 Å². The van der Waals surface area contributed by atoms with Crippen LogP contribution < -0.4 is 0 Å². The van der Waals surface area contributed by atoms with Crippen LogP contribution in [0.2, 0.25) is 0 Å². The molecule has 96 valence electrons. The summed E-state index contributed by atoms with van der Waals surface area (Å²) in [4.78, 5) is 12.5. The van der Waals surface area contributed by atoms with E-state index in [1.807, 2.05) is 33.8 Å². The van der Waals surface area contributed by atoms with Crippen molar-refractivity contribution in [1.29, 1.82) is 0 Å². The lowest BCUT2D eigenvalue weighted by atomic mass is 9.58. The minimum Gasteiger partial charge on any atom is -0.382 e. The number of ketones is 1. The Morgan fingerprint density at radius 3 is 2.41 bits per heavy atom. The predicted molar refractivity (Wildman–Crippen MR) is 70.6 cm³/mol. The van der Waals surface area contributed by atoms with E-state index in [4.69, 9.17) is 0 Å². The second-order valence-corrected chi connectivity index (χ2v) is 5.93. The van der Waals surface area contributed by atoms with Crippen LogP contribution in [0.4, 0.5) is 0 Å². The number of hydrogen-bond donors (Lipinski definition) is 1. The third-order valence-corrected chi connectivity index (χ3v) is 4.31. The minimum atomic E-state index is -1.20. The fourth-order valence-corrected chi connectivity index (χ4v) is 2.86. The number of Topliss-reactive ketones (excluding diaryl/α,β-unsaturated/α-hetero) is 1. The van der Waals surface area contributed by atoms with Crippen LogP contribution in [-0.4, -0.2) is 16.5 Å². The minimum absolute atomic E-state index is 0.0637. The highest BCUT2D eigenvalue weighted by Gasteiger charge is 2.53. The van der Waals surface area contributed by atoms with Gasteiger partial charge in [0.2, 0.25) is 0 Å². The van der Waals surface area contributed by atoms with Gasteiger partial charge in [-0.05, 0) is 31.1 Å². The Bertz CT molecular complexity index is 356. The van der Waals surface area contributed by atoms with Crippen molar-refractivity contribution in [2.24, 2.45) is 17.3 Å². The van der Waals surface area contributed by atoms with Crippen molar-refractivity contribution < 1.29 is 9.90 Å². The maximum absolute atomic E-state index is 12.5. The molecule has 0 amide bonds. The maximum atomic E-state index is 12.5. The highest BCUT2D eigenvalue weighted by molar-refractivity contribution is 5.93. The van der Waals surface area contributed by atoms with Crippen LogP contribution >= 0.6 is 0 Å². The molecule has 0 bridgehead atoms. The summed E-state index contributed by atoms with van der Waals surface area (Å²) in [7, 11) is 0. The largest absolute Gasteiger partial charge is 0.382 e. The topological polar surface area (TPSA) is 37.3 Å². The first-order chi connectivity index (χ1) is 7.69. The lowest BCUT2D eigenvalue weighted by Gasteiger charge is -2.47. The van der Waals surface area contributed by atoms with Crippen LogP contribution in [0.3, 0.4) is 0 Å². The smallest absolute Gasteiger partial charge is 0.172 e. The SMILES string of the molecule is C=CC1(C)CCC(O)(C(C)C)C(=O)C1C(=C)C. The van der Waals surface area contributed by atoms with Gasteiger partial charge >= 0.3 is 0 Å². The Morgan fingerprint density at radius 2 is 2.06 bits per heavy atom. The molecule has 0 aliphatic heterocycles. The number of hydrogen-bond acceptors (Lipinski definition) is 2. The fourth-order valence-electron chi connectivity index (χ4n) is 2.86. The molecule has 0 heterocycles. The molecule has 0 spiro atoms. The first-order valence-electron chi connectivity index (χ1n) is 6.24. The standard InChI is InChI=1S/C15H24O2/c1-7-14(6)8-9-15(17,11(4)5)13(16)12(14)10(2)3/h7,11-12,17H,1-2,8-9H2,3-6H3. The number of aliphatic hydroxyl groups is 1. The summed E-state index contributed by atoms with van der Waals surface area (Å²) in [5.74, 6) is -0.471. The van der Waals surface area contributed by atoms with E-state index in [9.17, 15) is 9.90 Å². The number of allylic oxidation sites excluding steroid dienone is 2. The lowest BCUT2D eigenvalue weighted by Crippen LogP contribution is -2.55. The molecule has 0 aromatic heterocycles. The van der Waals surface area contributed by atoms with Gasteiger partial charge in [0.25, 0.3) is 0 Å². The van der Waals surface area contributed by atoms with Crippen molar-refractivity contribution in [1.82, 2.24) is 0 Å². The molecule has 0 aromatic carbocycles. The van der Waals surface area contributed by atoms with Gasteiger partial charge in [-0.2, -0.15) is 0 Å². The van der Waals surface area contributed by atoms with E-state index < -0.39 is 5.60 Å². The van der Waals surface area contributed by atoms with Gasteiger partial charge in [0.15, 0.2) is 5.78 Å². The molecule has 0 aromatic rings. The molecule has 1 aliphatic rings. The molecule has 1 rings (SSSR count). The average Bonchev–Trinajstić information content (AvgIpc) is 2.23. The second-order valence-electron chi connectivity index (χ2n) is 5.93. The normalized spacial score (nSPS) is 38.2. The molecule has 17 heavy (non-hydrogen) atoms. The van der Waals surface area contributed by atoms with Crippen LogP contribution in [0.5, 0.6) is 0 Å². The summed E-state index contributed by atoms with van der Waals surface area (Å²) in [5.41, 5.74) is -0.660. The van der Waals surface area contributed by atoms with Crippen LogP contribution in [0.15, 0.2) is 24.8 Å². The Labute approximate surface area is 104 Å². The van der Waals surface area contributed by atoms with E-state index in [2.05, 4.69) is 13.2 Å². The number of carbonyl (C=O) groups is 1. The first-order valence-corrected chi connectivity index (χ1v) is 6.24. The summed E-state index contributed by atoms with van der Waals surface area (Å²) >= 11 is 0. The van der Waals surface area contributed by atoms with Gasteiger partial charge in [-0.15, -0.1) is 6.58 Å². The van der Waals surface area contributed by atoms with Crippen LogP contribution in [-0.2, 0) is 4.79 Å². The van der Waals surface area contributed by atoms with Gasteiger partial charge in [-0.1, -0.05) is 39.0 Å². The van der Waals surface area contributed by atoms with Crippen molar-refractivity contribution >= 4 is 5.78 Å². The monoisotopic (exact) mass is 236 g/mol. The fraction of sp³-hybridized carbons (Fsp3) is 0.667. The van der Waals surface area contributed by atoms with E-state index >= 15 is 0 Å². The second kappa shape index (κ2) is 4.41. The third-order valence-electron chi connectivity index (χ3n) is 4.31. The van der Waals surface area contributed by atoms with Gasteiger partial charge < -0.3 is 5.11 Å². The Kier molecular flexibility index (Phi) is 3.68. The molecule has 1 N–H and O–H groups in total. The maximum Gasteiger partial charge on any atom is 0.172 e. The number of carbonyl (C=O) groups excluding carboxylic acids is 1. The number of rotatable bonds is 3. The van der Waals surface area contributed by atoms with E-state index in [-0.39, 0.29) is 23.0 Å². The van der Waals surface area contributed by atoms with Gasteiger partial charge in [-0.3, -0.25) is 4.79 Å². The summed E-state index contributed by atoms with van der Waals surface area (Å²) in [6, 6.07) is 0. The van der Waals surface area contributed by atoms with Crippen molar-refractivity contribution in [2.45, 2.75) is 46.1 Å². The lowest BCUT2D eigenvalue weighted by molar-refractivity contribution is -0.156. The van der Waals surface area contributed by atoms with Gasteiger partial charge in [0, 0.05) is 5.92 Å². The summed E-state index contributed by atoms with van der Waals surface area (Å²) in [6.07, 6.45) is 3.12. The molecule has 1 saturated carbocycles.